The summed E-state index contributed by atoms with van der Waals surface area (Å²) in [6, 6.07) is 10.3. The number of piperidine rings is 1. The van der Waals surface area contributed by atoms with Crippen LogP contribution in [0.25, 0.3) is 0 Å². The molecule has 0 aromatic heterocycles. The minimum absolute atomic E-state index is 0.161. The molecule has 10 heteroatoms. The van der Waals surface area contributed by atoms with Gasteiger partial charge in [0.2, 0.25) is 10.0 Å². The summed E-state index contributed by atoms with van der Waals surface area (Å²) in [5, 5.41) is 0. The lowest BCUT2D eigenvalue weighted by Gasteiger charge is -2.37. The van der Waals surface area contributed by atoms with E-state index in [0.717, 1.165) is 12.8 Å². The van der Waals surface area contributed by atoms with Gasteiger partial charge in [-0.15, -0.1) is 0 Å². The zero-order valence-corrected chi connectivity index (χ0v) is 22.2. The first kappa shape index (κ1) is 26.1. The van der Waals surface area contributed by atoms with Gasteiger partial charge < -0.3 is 24.0 Å². The molecule has 0 spiro atoms. The molecule has 0 unspecified atom stereocenters. The Morgan fingerprint density at radius 3 is 2.11 bits per heavy atom. The van der Waals surface area contributed by atoms with Crippen LogP contribution in [0.15, 0.2) is 41.3 Å². The number of sulfonamides is 1. The number of anilines is 1. The van der Waals surface area contributed by atoms with Crippen LogP contribution < -0.4 is 19.1 Å². The molecule has 2 aromatic carbocycles. The quantitative estimate of drug-likeness (QED) is 0.558. The molecular weight excluding hydrogens is 482 g/mol. The summed E-state index contributed by atoms with van der Waals surface area (Å²) >= 11 is 0. The van der Waals surface area contributed by atoms with Crippen molar-refractivity contribution >= 4 is 21.6 Å². The first-order valence-electron chi connectivity index (χ1n) is 12.2. The van der Waals surface area contributed by atoms with Crippen LogP contribution in [0.2, 0.25) is 0 Å². The molecule has 0 saturated carbocycles. The van der Waals surface area contributed by atoms with Gasteiger partial charge in [0.25, 0.3) is 5.91 Å². The number of rotatable bonds is 7. The molecule has 2 aliphatic heterocycles. The maximum Gasteiger partial charge on any atom is 0.261 e. The van der Waals surface area contributed by atoms with Crippen LogP contribution in [0.1, 0.15) is 30.1 Å². The van der Waals surface area contributed by atoms with Crippen molar-refractivity contribution in [3.63, 3.8) is 0 Å². The Bertz CT molecular complexity index is 1170. The second-order valence-electron chi connectivity index (χ2n) is 9.26. The van der Waals surface area contributed by atoms with Crippen molar-refractivity contribution in [2.75, 3.05) is 65.5 Å². The van der Waals surface area contributed by atoms with Gasteiger partial charge in [-0.25, -0.2) is 8.42 Å². The van der Waals surface area contributed by atoms with Gasteiger partial charge in [0.1, 0.15) is 22.8 Å². The molecule has 0 N–H and O–H groups in total. The minimum Gasteiger partial charge on any atom is -0.496 e. The van der Waals surface area contributed by atoms with Crippen LogP contribution in [0, 0.1) is 5.92 Å². The summed E-state index contributed by atoms with van der Waals surface area (Å²) in [6.45, 7) is 5.15. The second-order valence-corrected chi connectivity index (χ2v) is 11.2. The third-order valence-electron chi connectivity index (χ3n) is 6.96. The van der Waals surface area contributed by atoms with Gasteiger partial charge in [-0.2, -0.15) is 4.31 Å². The van der Waals surface area contributed by atoms with Crippen LogP contribution in [0.5, 0.6) is 17.2 Å². The van der Waals surface area contributed by atoms with Gasteiger partial charge in [-0.3, -0.25) is 4.79 Å². The Labute approximate surface area is 213 Å². The van der Waals surface area contributed by atoms with E-state index >= 15 is 0 Å². The summed E-state index contributed by atoms with van der Waals surface area (Å²) in [4.78, 5) is 17.5. The average molecular weight is 518 g/mol. The molecular formula is C26H35N3O6S. The standard InChI is InChI=1S/C26H35N3O6S/c1-19-7-6-12-29(18-19)36(31,32)20-10-11-22(33-2)21(17-20)27-13-15-28(16-14-27)26(30)25-23(34-3)8-5-9-24(25)35-4/h5,8-11,17,19H,6-7,12-16,18H2,1-4H3/t19-/m0/s1. The zero-order valence-electron chi connectivity index (χ0n) is 21.4. The minimum atomic E-state index is -3.60. The molecule has 1 amide bonds. The molecule has 2 fully saturated rings. The van der Waals surface area contributed by atoms with Gasteiger partial charge in [-0.05, 0) is 49.1 Å². The van der Waals surface area contributed by atoms with Gasteiger partial charge >= 0.3 is 0 Å². The van der Waals surface area contributed by atoms with Crippen molar-refractivity contribution in [3.05, 3.63) is 42.0 Å². The first-order chi connectivity index (χ1) is 17.3. The summed E-state index contributed by atoms with van der Waals surface area (Å²) in [5.74, 6) is 1.72. The number of benzene rings is 2. The molecule has 2 aliphatic rings. The molecule has 9 nitrogen and oxygen atoms in total. The van der Waals surface area contributed by atoms with E-state index in [9.17, 15) is 13.2 Å². The SMILES string of the molecule is COc1ccc(S(=O)(=O)N2CCC[C@H](C)C2)cc1N1CCN(C(=O)c2c(OC)cccc2OC)CC1. The number of piperazine rings is 1. The molecule has 4 rings (SSSR count). The van der Waals surface area contributed by atoms with Crippen molar-refractivity contribution in [2.24, 2.45) is 5.92 Å². The number of methoxy groups -OCH3 is 3. The molecule has 1 atom stereocenters. The molecule has 0 radical (unpaired) electrons. The Morgan fingerprint density at radius 1 is 0.889 bits per heavy atom. The molecule has 2 aromatic rings. The van der Waals surface area contributed by atoms with E-state index in [-0.39, 0.29) is 10.8 Å². The fourth-order valence-corrected chi connectivity index (χ4v) is 6.58. The smallest absolute Gasteiger partial charge is 0.261 e. The predicted octanol–water partition coefficient (Wildman–Crippen LogP) is 3.10. The Balaban J connectivity index is 1.54. The average Bonchev–Trinajstić information content (AvgIpc) is 2.91. The highest BCUT2D eigenvalue weighted by atomic mass is 32.2. The van der Waals surface area contributed by atoms with Crippen LogP contribution in [0.3, 0.4) is 0 Å². The van der Waals surface area contributed by atoms with Crippen LogP contribution in [-0.2, 0) is 10.0 Å². The van der Waals surface area contributed by atoms with Crippen molar-refractivity contribution in [3.8, 4) is 17.2 Å². The van der Waals surface area contributed by atoms with E-state index in [1.54, 1.807) is 52.7 Å². The lowest BCUT2D eigenvalue weighted by Crippen LogP contribution is -2.49. The highest BCUT2D eigenvalue weighted by Gasteiger charge is 2.31. The number of amides is 1. The third kappa shape index (κ3) is 5.10. The number of carbonyl (C=O) groups excluding carboxylic acids is 1. The van der Waals surface area contributed by atoms with Crippen molar-refractivity contribution < 1.29 is 27.4 Å². The maximum absolute atomic E-state index is 13.4. The summed E-state index contributed by atoms with van der Waals surface area (Å²) in [5.41, 5.74) is 1.11. The highest BCUT2D eigenvalue weighted by molar-refractivity contribution is 7.89. The summed E-state index contributed by atoms with van der Waals surface area (Å²) in [7, 11) is 1.04. The van der Waals surface area contributed by atoms with E-state index in [2.05, 4.69) is 11.8 Å². The Kier molecular flexibility index (Phi) is 7.94. The van der Waals surface area contributed by atoms with Crippen LogP contribution >= 0.6 is 0 Å². The lowest BCUT2D eigenvalue weighted by molar-refractivity contribution is 0.0739. The lowest BCUT2D eigenvalue weighted by atomic mass is 10.0. The van der Waals surface area contributed by atoms with Crippen LogP contribution in [-0.4, -0.2) is 84.1 Å². The van der Waals surface area contributed by atoms with E-state index in [0.29, 0.717) is 73.7 Å². The van der Waals surface area contributed by atoms with Gasteiger partial charge in [0.15, 0.2) is 0 Å². The molecule has 2 saturated heterocycles. The van der Waals surface area contributed by atoms with E-state index in [1.807, 2.05) is 0 Å². The topological polar surface area (TPSA) is 88.6 Å². The maximum atomic E-state index is 13.4. The largest absolute Gasteiger partial charge is 0.496 e. The Hall–Kier alpha value is -2.98. The van der Waals surface area contributed by atoms with Gasteiger partial charge in [0, 0.05) is 39.3 Å². The second kappa shape index (κ2) is 11.0. The van der Waals surface area contributed by atoms with E-state index < -0.39 is 10.0 Å². The van der Waals surface area contributed by atoms with Crippen molar-refractivity contribution in [2.45, 2.75) is 24.7 Å². The molecule has 2 heterocycles. The highest BCUT2D eigenvalue weighted by Crippen LogP contribution is 2.35. The summed E-state index contributed by atoms with van der Waals surface area (Å²) in [6.07, 6.45) is 1.92. The van der Waals surface area contributed by atoms with Crippen LogP contribution in [0.4, 0.5) is 5.69 Å². The normalized spacial score (nSPS) is 19.2. The molecule has 0 bridgehead atoms. The third-order valence-corrected chi connectivity index (χ3v) is 8.82. The Morgan fingerprint density at radius 2 is 1.53 bits per heavy atom. The fraction of sp³-hybridized carbons (Fsp3) is 0.500. The monoisotopic (exact) mass is 517 g/mol. The molecule has 36 heavy (non-hydrogen) atoms. The predicted molar refractivity (Wildman–Crippen MR) is 138 cm³/mol. The fourth-order valence-electron chi connectivity index (χ4n) is 4.96. The van der Waals surface area contributed by atoms with Gasteiger partial charge in [-0.1, -0.05) is 13.0 Å². The molecule has 0 aliphatic carbocycles. The van der Waals surface area contributed by atoms with E-state index in [1.165, 1.54) is 14.2 Å². The first-order valence-corrected chi connectivity index (χ1v) is 13.7. The number of ether oxygens (including phenoxy) is 3. The number of hydrogen-bond acceptors (Lipinski definition) is 7. The number of nitrogens with zero attached hydrogens (tertiary/aromatic N) is 3. The molecule has 196 valence electrons. The van der Waals surface area contributed by atoms with E-state index in [4.69, 9.17) is 14.2 Å². The zero-order chi connectivity index (χ0) is 25.9. The van der Waals surface area contributed by atoms with Crippen molar-refractivity contribution in [1.82, 2.24) is 9.21 Å². The number of carbonyl (C=O) groups is 1. The van der Waals surface area contributed by atoms with Gasteiger partial charge in [0.05, 0.1) is 31.9 Å². The van der Waals surface area contributed by atoms with Crippen molar-refractivity contribution in [1.29, 1.82) is 0 Å². The number of hydrogen-bond donors (Lipinski definition) is 0. The summed E-state index contributed by atoms with van der Waals surface area (Å²) < 4.78 is 44.7.